The minimum atomic E-state index is -1.45. The Morgan fingerprint density at radius 3 is 2.59 bits per heavy atom. The number of benzene rings is 1. The van der Waals surface area contributed by atoms with Crippen molar-refractivity contribution < 1.29 is 24.1 Å². The van der Waals surface area contributed by atoms with Gasteiger partial charge in [-0.15, -0.1) is 0 Å². The molecule has 0 saturated heterocycles. The molecule has 0 heterocycles. The lowest BCUT2D eigenvalue weighted by molar-refractivity contribution is 0.0128. The van der Waals surface area contributed by atoms with Gasteiger partial charge in [0.2, 0.25) is 0 Å². The number of nitrogens with one attached hydrogen (secondary N) is 1. The summed E-state index contributed by atoms with van der Waals surface area (Å²) in [5.41, 5.74) is -0.603. The number of carbonyl (C=O) groups excluding carboxylic acids is 1. The van der Waals surface area contributed by atoms with Gasteiger partial charge >= 0.3 is 6.09 Å². The molecule has 22 heavy (non-hydrogen) atoms. The summed E-state index contributed by atoms with van der Waals surface area (Å²) in [6.07, 6.45) is -3.56. The van der Waals surface area contributed by atoms with E-state index in [1.165, 1.54) is 6.07 Å². The first-order chi connectivity index (χ1) is 10.1. The predicted molar refractivity (Wildman–Crippen MR) is 76.3 cm³/mol. The first kappa shape index (κ1) is 17.9. The van der Waals surface area contributed by atoms with Gasteiger partial charge < -0.3 is 20.3 Å². The Kier molecular flexibility index (Phi) is 5.85. The van der Waals surface area contributed by atoms with Crippen molar-refractivity contribution in [2.75, 3.05) is 6.54 Å². The maximum absolute atomic E-state index is 13.3. The molecule has 1 aromatic carbocycles. The van der Waals surface area contributed by atoms with Crippen LogP contribution in [0.2, 0.25) is 0 Å². The van der Waals surface area contributed by atoms with Crippen LogP contribution in [0, 0.1) is 17.1 Å². The second-order valence-electron chi connectivity index (χ2n) is 5.78. The van der Waals surface area contributed by atoms with Crippen LogP contribution < -0.4 is 5.32 Å². The Hall–Kier alpha value is -2.17. The maximum Gasteiger partial charge on any atom is 0.407 e. The first-order valence-electron chi connectivity index (χ1n) is 6.66. The molecule has 0 spiro atoms. The van der Waals surface area contributed by atoms with Crippen molar-refractivity contribution in [3.05, 3.63) is 35.1 Å². The second-order valence-corrected chi connectivity index (χ2v) is 5.78. The number of ether oxygens (including phenoxy) is 1. The third kappa shape index (κ3) is 5.68. The van der Waals surface area contributed by atoms with E-state index >= 15 is 0 Å². The van der Waals surface area contributed by atoms with Crippen LogP contribution >= 0.6 is 0 Å². The standard InChI is InChI=1S/C15H19FN2O4/c1-15(2,3)22-14(21)18-8-12(19)13(20)10-4-9(7-17)5-11(16)6-10/h4-6,12-13,19-20H,8H2,1-3H3,(H,18,21). The molecular weight excluding hydrogens is 291 g/mol. The lowest BCUT2D eigenvalue weighted by Crippen LogP contribution is -2.38. The Morgan fingerprint density at radius 2 is 2.05 bits per heavy atom. The molecule has 120 valence electrons. The molecule has 0 bridgehead atoms. The summed E-state index contributed by atoms with van der Waals surface area (Å²) in [6, 6.07) is 5.06. The third-order valence-electron chi connectivity index (χ3n) is 2.61. The summed E-state index contributed by atoms with van der Waals surface area (Å²) in [5, 5.41) is 30.9. The maximum atomic E-state index is 13.3. The highest BCUT2D eigenvalue weighted by Gasteiger charge is 2.22. The molecule has 3 N–H and O–H groups in total. The predicted octanol–water partition coefficient (Wildman–Crippen LogP) is 1.62. The van der Waals surface area contributed by atoms with Gasteiger partial charge in [-0.1, -0.05) is 0 Å². The normalized spacial score (nSPS) is 13.9. The molecule has 0 aliphatic carbocycles. The van der Waals surface area contributed by atoms with E-state index < -0.39 is 29.7 Å². The number of halogens is 1. The molecule has 0 aliphatic rings. The monoisotopic (exact) mass is 310 g/mol. The highest BCUT2D eigenvalue weighted by molar-refractivity contribution is 5.67. The van der Waals surface area contributed by atoms with Crippen LogP contribution in [0.4, 0.5) is 9.18 Å². The number of alkyl carbamates (subject to hydrolysis) is 1. The summed E-state index contributed by atoms with van der Waals surface area (Å²) in [7, 11) is 0. The van der Waals surface area contributed by atoms with Crippen LogP contribution in [-0.4, -0.2) is 34.6 Å². The number of hydrogen-bond donors (Lipinski definition) is 3. The van der Waals surface area contributed by atoms with Gasteiger partial charge in [0.15, 0.2) is 0 Å². The number of rotatable bonds is 4. The van der Waals surface area contributed by atoms with E-state index in [0.717, 1.165) is 12.1 Å². The van der Waals surface area contributed by atoms with E-state index in [1.807, 2.05) is 0 Å². The van der Waals surface area contributed by atoms with Crippen molar-refractivity contribution in [3.8, 4) is 6.07 Å². The largest absolute Gasteiger partial charge is 0.444 e. The van der Waals surface area contributed by atoms with Crippen molar-refractivity contribution in [1.29, 1.82) is 5.26 Å². The highest BCUT2D eigenvalue weighted by atomic mass is 19.1. The van der Waals surface area contributed by atoms with Gasteiger partial charge in [0, 0.05) is 6.54 Å². The molecule has 1 rings (SSSR count). The van der Waals surface area contributed by atoms with Crippen LogP contribution in [-0.2, 0) is 4.74 Å². The zero-order chi connectivity index (χ0) is 16.9. The van der Waals surface area contributed by atoms with Gasteiger partial charge in [-0.3, -0.25) is 0 Å². The average Bonchev–Trinajstić information content (AvgIpc) is 2.41. The van der Waals surface area contributed by atoms with Crippen LogP contribution in [0.1, 0.15) is 38.0 Å². The Labute approximate surface area is 128 Å². The van der Waals surface area contributed by atoms with E-state index in [4.69, 9.17) is 10.00 Å². The number of hydrogen-bond acceptors (Lipinski definition) is 5. The van der Waals surface area contributed by atoms with Crippen molar-refractivity contribution >= 4 is 6.09 Å². The van der Waals surface area contributed by atoms with Crippen molar-refractivity contribution in [2.24, 2.45) is 0 Å². The molecule has 1 amide bonds. The zero-order valence-corrected chi connectivity index (χ0v) is 12.6. The fourth-order valence-electron chi connectivity index (χ4n) is 1.68. The lowest BCUT2D eigenvalue weighted by Gasteiger charge is -2.22. The molecule has 0 radical (unpaired) electrons. The lowest BCUT2D eigenvalue weighted by atomic mass is 10.0. The molecular formula is C15H19FN2O4. The molecule has 6 nitrogen and oxygen atoms in total. The van der Waals surface area contributed by atoms with Gasteiger partial charge in [-0.2, -0.15) is 5.26 Å². The molecule has 0 fully saturated rings. The first-order valence-corrected chi connectivity index (χ1v) is 6.66. The Bertz CT molecular complexity index is 578. The number of nitriles is 1. The number of carbonyl (C=O) groups is 1. The third-order valence-corrected chi connectivity index (χ3v) is 2.61. The summed E-state index contributed by atoms with van der Waals surface area (Å²) in [6.45, 7) is 4.78. The van der Waals surface area contributed by atoms with Crippen LogP contribution in [0.3, 0.4) is 0 Å². The smallest absolute Gasteiger partial charge is 0.407 e. The zero-order valence-electron chi connectivity index (χ0n) is 12.6. The van der Waals surface area contributed by atoms with Gasteiger partial charge in [0.1, 0.15) is 23.6 Å². The molecule has 0 aliphatic heterocycles. The topological polar surface area (TPSA) is 103 Å². The van der Waals surface area contributed by atoms with E-state index in [-0.39, 0.29) is 17.7 Å². The van der Waals surface area contributed by atoms with E-state index in [1.54, 1.807) is 26.8 Å². The van der Waals surface area contributed by atoms with Gasteiger partial charge in [0.05, 0.1) is 11.6 Å². The number of aliphatic hydroxyl groups excluding tert-OH is 2. The number of nitrogens with zero attached hydrogens (tertiary/aromatic N) is 1. The highest BCUT2D eigenvalue weighted by Crippen LogP contribution is 2.19. The summed E-state index contributed by atoms with van der Waals surface area (Å²) in [4.78, 5) is 11.4. The fraction of sp³-hybridized carbons (Fsp3) is 0.467. The molecule has 2 unspecified atom stereocenters. The van der Waals surface area contributed by atoms with Crippen LogP contribution in [0.15, 0.2) is 18.2 Å². The van der Waals surface area contributed by atoms with Crippen LogP contribution in [0.25, 0.3) is 0 Å². The summed E-state index contributed by atoms with van der Waals surface area (Å²) >= 11 is 0. The molecule has 0 aromatic heterocycles. The number of aliphatic hydroxyl groups is 2. The SMILES string of the molecule is CC(C)(C)OC(=O)NCC(O)C(O)c1cc(F)cc(C#N)c1. The molecule has 0 saturated carbocycles. The molecule has 1 aromatic rings. The Balaban J connectivity index is 2.66. The van der Waals surface area contributed by atoms with Gasteiger partial charge in [-0.05, 0) is 44.5 Å². The fourth-order valence-corrected chi connectivity index (χ4v) is 1.68. The Morgan fingerprint density at radius 1 is 1.41 bits per heavy atom. The van der Waals surface area contributed by atoms with Crippen molar-refractivity contribution in [2.45, 2.75) is 38.6 Å². The average molecular weight is 310 g/mol. The second kappa shape index (κ2) is 7.20. The quantitative estimate of drug-likeness (QED) is 0.784. The van der Waals surface area contributed by atoms with E-state index in [2.05, 4.69) is 5.32 Å². The number of amides is 1. The minimum Gasteiger partial charge on any atom is -0.444 e. The van der Waals surface area contributed by atoms with Crippen LogP contribution in [0.5, 0.6) is 0 Å². The van der Waals surface area contributed by atoms with E-state index in [0.29, 0.717) is 0 Å². The van der Waals surface area contributed by atoms with E-state index in [9.17, 15) is 19.4 Å². The van der Waals surface area contributed by atoms with Crippen molar-refractivity contribution in [3.63, 3.8) is 0 Å². The molecule has 2 atom stereocenters. The van der Waals surface area contributed by atoms with Gasteiger partial charge in [0.25, 0.3) is 0 Å². The molecule has 7 heteroatoms. The van der Waals surface area contributed by atoms with Gasteiger partial charge in [-0.25, -0.2) is 9.18 Å². The van der Waals surface area contributed by atoms with Crippen molar-refractivity contribution in [1.82, 2.24) is 5.32 Å². The minimum absolute atomic E-state index is 0.0290. The summed E-state index contributed by atoms with van der Waals surface area (Å²) in [5.74, 6) is -0.694. The summed E-state index contributed by atoms with van der Waals surface area (Å²) < 4.78 is 18.3.